The van der Waals surface area contributed by atoms with Crippen LogP contribution >= 0.6 is 23.2 Å². The van der Waals surface area contributed by atoms with Gasteiger partial charge in [-0.05, 0) is 24.1 Å². The maximum Gasteiger partial charge on any atom is 0.0798 e. The Balaban J connectivity index is 2.04. The van der Waals surface area contributed by atoms with Gasteiger partial charge in [-0.2, -0.15) is 0 Å². The normalized spacial score (nSPS) is 35.7. The zero-order valence-corrected chi connectivity index (χ0v) is 13.2. The third-order valence-corrected chi connectivity index (χ3v) is 5.66. The first-order chi connectivity index (χ1) is 9.59. The van der Waals surface area contributed by atoms with Gasteiger partial charge in [-0.25, -0.2) is 0 Å². The van der Waals surface area contributed by atoms with E-state index in [2.05, 4.69) is 11.4 Å². The van der Waals surface area contributed by atoms with E-state index in [4.69, 9.17) is 32.7 Å². The Labute approximate surface area is 129 Å². The third kappa shape index (κ3) is 1.92. The minimum Gasteiger partial charge on any atom is -0.384 e. The van der Waals surface area contributed by atoms with Gasteiger partial charge < -0.3 is 14.8 Å². The topological polar surface area (TPSA) is 30.5 Å². The second kappa shape index (κ2) is 5.15. The van der Waals surface area contributed by atoms with Crippen LogP contribution in [0, 0.1) is 5.41 Å². The molecule has 3 nitrogen and oxygen atoms in total. The summed E-state index contributed by atoms with van der Waals surface area (Å²) in [7, 11) is 3.52. The molecule has 0 aromatic heterocycles. The van der Waals surface area contributed by atoms with Crippen molar-refractivity contribution < 1.29 is 9.47 Å². The highest BCUT2D eigenvalue weighted by Gasteiger charge is 2.73. The number of fused-ring (bicyclic) bond motifs is 1. The highest BCUT2D eigenvalue weighted by atomic mass is 35.5. The summed E-state index contributed by atoms with van der Waals surface area (Å²) in [5.74, 6) is 0. The summed E-state index contributed by atoms with van der Waals surface area (Å²) in [5.41, 5.74) is 1.28. The first-order valence-corrected chi connectivity index (χ1v) is 7.53. The van der Waals surface area contributed by atoms with Crippen LogP contribution in [-0.2, 0) is 14.9 Å². The van der Waals surface area contributed by atoms with Crippen molar-refractivity contribution in [3.63, 3.8) is 0 Å². The number of ether oxygens (including phenoxy) is 2. The lowest BCUT2D eigenvalue weighted by Gasteiger charge is -2.37. The molecule has 0 bridgehead atoms. The molecular formula is C15H19Cl2NO2. The standard InChI is InChI=1S/C15H19Cl2NO2/c1-19-9-14-7-15(14,13(20-2)6-18-8-14)10-3-4-11(16)12(17)5-10/h3-5,13,18H,6-9H2,1-2H3. The monoisotopic (exact) mass is 315 g/mol. The van der Waals surface area contributed by atoms with E-state index in [1.54, 1.807) is 14.2 Å². The van der Waals surface area contributed by atoms with Gasteiger partial charge in [0.25, 0.3) is 0 Å². The molecule has 0 spiro atoms. The predicted octanol–water partition coefficient (Wildman–Crippen LogP) is 2.89. The molecule has 3 unspecified atom stereocenters. The molecule has 1 heterocycles. The Morgan fingerprint density at radius 2 is 2.10 bits per heavy atom. The van der Waals surface area contributed by atoms with Crippen LogP contribution < -0.4 is 5.32 Å². The van der Waals surface area contributed by atoms with Crippen molar-refractivity contribution >= 4 is 23.2 Å². The predicted molar refractivity (Wildman–Crippen MR) is 80.7 cm³/mol. The fraction of sp³-hybridized carbons (Fsp3) is 0.600. The molecule has 3 atom stereocenters. The number of rotatable bonds is 4. The van der Waals surface area contributed by atoms with Gasteiger partial charge in [0, 0.05) is 38.1 Å². The molecule has 1 aliphatic carbocycles. The molecule has 110 valence electrons. The third-order valence-electron chi connectivity index (χ3n) is 4.92. The van der Waals surface area contributed by atoms with Crippen LogP contribution in [-0.4, -0.2) is 40.0 Å². The maximum absolute atomic E-state index is 6.21. The van der Waals surface area contributed by atoms with Crippen LogP contribution in [0.2, 0.25) is 10.0 Å². The highest BCUT2D eigenvalue weighted by molar-refractivity contribution is 6.42. The number of piperidine rings is 1. The van der Waals surface area contributed by atoms with E-state index in [0.717, 1.165) is 26.1 Å². The first-order valence-electron chi connectivity index (χ1n) is 6.78. The smallest absolute Gasteiger partial charge is 0.0798 e. The molecule has 2 fully saturated rings. The quantitative estimate of drug-likeness (QED) is 0.926. The summed E-state index contributed by atoms with van der Waals surface area (Å²) in [6, 6.07) is 5.93. The summed E-state index contributed by atoms with van der Waals surface area (Å²) >= 11 is 12.3. The van der Waals surface area contributed by atoms with E-state index in [0.29, 0.717) is 10.0 Å². The van der Waals surface area contributed by atoms with Gasteiger partial charge >= 0.3 is 0 Å². The number of benzene rings is 1. The van der Waals surface area contributed by atoms with Crippen molar-refractivity contribution in [3.05, 3.63) is 33.8 Å². The zero-order valence-electron chi connectivity index (χ0n) is 11.7. The number of methoxy groups -OCH3 is 2. The molecule has 1 N–H and O–H groups in total. The fourth-order valence-corrected chi connectivity index (χ4v) is 4.24. The average Bonchev–Trinajstić information content (AvgIpc) is 3.12. The Morgan fingerprint density at radius 3 is 2.75 bits per heavy atom. The van der Waals surface area contributed by atoms with Crippen LogP contribution in [0.5, 0.6) is 0 Å². The molecule has 1 aromatic carbocycles. The molecule has 2 aliphatic rings. The minimum absolute atomic E-state index is 0.0166. The largest absolute Gasteiger partial charge is 0.384 e. The van der Waals surface area contributed by atoms with Crippen molar-refractivity contribution in [1.82, 2.24) is 5.32 Å². The van der Waals surface area contributed by atoms with E-state index in [-0.39, 0.29) is 16.9 Å². The summed E-state index contributed by atoms with van der Waals surface area (Å²) in [6.45, 7) is 2.52. The fourth-order valence-electron chi connectivity index (χ4n) is 3.94. The molecule has 0 radical (unpaired) electrons. The van der Waals surface area contributed by atoms with Gasteiger partial charge in [-0.1, -0.05) is 29.3 Å². The van der Waals surface area contributed by atoms with Crippen molar-refractivity contribution in [2.45, 2.75) is 17.9 Å². The summed E-state index contributed by atoms with van der Waals surface area (Å²) in [6.07, 6.45) is 1.18. The summed E-state index contributed by atoms with van der Waals surface area (Å²) in [4.78, 5) is 0. The molecule has 3 rings (SSSR count). The first kappa shape index (κ1) is 14.6. The molecular weight excluding hydrogens is 297 g/mol. The van der Waals surface area contributed by atoms with Crippen LogP contribution in [0.4, 0.5) is 0 Å². The van der Waals surface area contributed by atoms with Crippen molar-refractivity contribution in [1.29, 1.82) is 0 Å². The van der Waals surface area contributed by atoms with Gasteiger partial charge in [-0.15, -0.1) is 0 Å². The van der Waals surface area contributed by atoms with Gasteiger partial charge in [0.15, 0.2) is 0 Å². The molecule has 20 heavy (non-hydrogen) atoms. The Hall–Kier alpha value is -0.320. The molecule has 1 saturated heterocycles. The second-order valence-electron chi connectivity index (χ2n) is 5.85. The number of halogens is 2. The summed E-state index contributed by atoms with van der Waals surface area (Å²) in [5, 5.41) is 4.65. The lowest BCUT2D eigenvalue weighted by atomic mass is 9.79. The van der Waals surface area contributed by atoms with E-state index < -0.39 is 0 Å². The van der Waals surface area contributed by atoms with Crippen molar-refractivity contribution in [2.75, 3.05) is 33.9 Å². The number of nitrogens with one attached hydrogen (secondary N) is 1. The second-order valence-corrected chi connectivity index (χ2v) is 6.66. The zero-order chi connectivity index (χ0) is 14.4. The Kier molecular flexibility index (Phi) is 3.76. The molecule has 1 saturated carbocycles. The number of hydrogen-bond acceptors (Lipinski definition) is 3. The minimum atomic E-state index is -0.0166. The molecule has 1 aromatic rings. The van der Waals surface area contributed by atoms with Crippen molar-refractivity contribution in [3.8, 4) is 0 Å². The van der Waals surface area contributed by atoms with E-state index >= 15 is 0 Å². The Bertz CT molecular complexity index is 521. The van der Waals surface area contributed by atoms with Crippen LogP contribution in [0.15, 0.2) is 18.2 Å². The lowest BCUT2D eigenvalue weighted by molar-refractivity contribution is 0.0162. The van der Waals surface area contributed by atoms with E-state index in [1.807, 2.05) is 12.1 Å². The molecule has 1 aliphatic heterocycles. The maximum atomic E-state index is 6.21. The summed E-state index contributed by atoms with van der Waals surface area (Å²) < 4.78 is 11.2. The SMILES string of the molecule is COCC12CNCC(OC)C1(c1ccc(Cl)c(Cl)c1)C2. The molecule has 5 heteroatoms. The lowest BCUT2D eigenvalue weighted by Crippen LogP contribution is -2.51. The van der Waals surface area contributed by atoms with Gasteiger partial charge in [0.1, 0.15) is 0 Å². The van der Waals surface area contributed by atoms with Crippen LogP contribution in [0.25, 0.3) is 0 Å². The van der Waals surface area contributed by atoms with E-state index in [1.165, 1.54) is 5.56 Å². The van der Waals surface area contributed by atoms with E-state index in [9.17, 15) is 0 Å². The molecule has 0 amide bonds. The number of hydrogen-bond donors (Lipinski definition) is 1. The van der Waals surface area contributed by atoms with Gasteiger partial charge in [-0.3, -0.25) is 0 Å². The van der Waals surface area contributed by atoms with Crippen LogP contribution in [0.3, 0.4) is 0 Å². The Morgan fingerprint density at radius 1 is 1.30 bits per heavy atom. The van der Waals surface area contributed by atoms with Crippen LogP contribution in [0.1, 0.15) is 12.0 Å². The highest BCUT2D eigenvalue weighted by Crippen LogP contribution is 2.68. The average molecular weight is 316 g/mol. The van der Waals surface area contributed by atoms with Gasteiger partial charge in [0.2, 0.25) is 0 Å². The van der Waals surface area contributed by atoms with Crippen molar-refractivity contribution in [2.24, 2.45) is 5.41 Å². The van der Waals surface area contributed by atoms with Gasteiger partial charge in [0.05, 0.1) is 22.8 Å².